The van der Waals surface area contributed by atoms with Crippen LogP contribution in [-0.2, 0) is 11.3 Å². The average Bonchev–Trinajstić information content (AvgIpc) is 2.41. The van der Waals surface area contributed by atoms with Gasteiger partial charge in [0.05, 0.1) is 13.2 Å². The van der Waals surface area contributed by atoms with Crippen molar-refractivity contribution in [3.05, 3.63) is 18.0 Å². The standard InChI is InChI=1S/C15H26N4O/c1-12(2)7-14-11-20-6-5-19(14)10-13-8-16-15(17-9-13)18(3)4/h8-9,12,14H,5-7,10-11H2,1-4H3/t14-/m1/s1. The summed E-state index contributed by atoms with van der Waals surface area (Å²) in [7, 11) is 3.91. The number of ether oxygens (including phenoxy) is 1. The molecule has 0 aromatic carbocycles. The van der Waals surface area contributed by atoms with Gasteiger partial charge >= 0.3 is 0 Å². The summed E-state index contributed by atoms with van der Waals surface area (Å²) in [4.78, 5) is 13.2. The Bertz CT molecular complexity index is 405. The molecule has 112 valence electrons. The van der Waals surface area contributed by atoms with Crippen molar-refractivity contribution in [2.24, 2.45) is 5.92 Å². The zero-order valence-corrected chi connectivity index (χ0v) is 13.0. The maximum Gasteiger partial charge on any atom is 0.224 e. The highest BCUT2D eigenvalue weighted by Crippen LogP contribution is 2.18. The van der Waals surface area contributed by atoms with Crippen molar-refractivity contribution in [3.8, 4) is 0 Å². The summed E-state index contributed by atoms with van der Waals surface area (Å²) in [6, 6.07) is 0.511. The third kappa shape index (κ3) is 4.15. The minimum atomic E-state index is 0.511. The first-order valence-corrected chi connectivity index (χ1v) is 7.36. The molecule has 1 fully saturated rings. The van der Waals surface area contributed by atoms with Crippen LogP contribution in [0.25, 0.3) is 0 Å². The second kappa shape index (κ2) is 6.99. The van der Waals surface area contributed by atoms with Gasteiger partial charge in [0.15, 0.2) is 0 Å². The lowest BCUT2D eigenvalue weighted by molar-refractivity contribution is -0.0187. The average molecular weight is 278 g/mol. The molecular formula is C15H26N4O. The Morgan fingerprint density at radius 2 is 2.05 bits per heavy atom. The van der Waals surface area contributed by atoms with Gasteiger partial charge in [-0.15, -0.1) is 0 Å². The molecule has 1 aromatic heterocycles. The van der Waals surface area contributed by atoms with E-state index in [1.54, 1.807) is 0 Å². The smallest absolute Gasteiger partial charge is 0.224 e. The van der Waals surface area contributed by atoms with Gasteiger partial charge in [-0.05, 0) is 12.3 Å². The highest BCUT2D eigenvalue weighted by Gasteiger charge is 2.23. The van der Waals surface area contributed by atoms with Gasteiger partial charge in [0, 0.05) is 51.2 Å². The molecule has 0 unspecified atom stereocenters. The van der Waals surface area contributed by atoms with E-state index in [0.717, 1.165) is 32.3 Å². The monoisotopic (exact) mass is 278 g/mol. The molecule has 2 rings (SSSR count). The molecular weight excluding hydrogens is 252 g/mol. The van der Waals surface area contributed by atoms with Crippen LogP contribution in [-0.4, -0.2) is 54.8 Å². The van der Waals surface area contributed by atoms with Gasteiger partial charge in [-0.3, -0.25) is 4.90 Å². The fraction of sp³-hybridized carbons (Fsp3) is 0.733. The van der Waals surface area contributed by atoms with Crippen LogP contribution in [0.1, 0.15) is 25.8 Å². The summed E-state index contributed by atoms with van der Waals surface area (Å²) in [5.74, 6) is 1.45. The molecule has 0 bridgehead atoms. The summed E-state index contributed by atoms with van der Waals surface area (Å²) in [6.45, 7) is 8.10. The molecule has 1 atom stereocenters. The van der Waals surface area contributed by atoms with Gasteiger partial charge in [0.1, 0.15) is 0 Å². The predicted octanol–water partition coefficient (Wildman–Crippen LogP) is 1.79. The van der Waals surface area contributed by atoms with Crippen LogP contribution in [0.15, 0.2) is 12.4 Å². The molecule has 0 amide bonds. The van der Waals surface area contributed by atoms with Gasteiger partial charge in [-0.1, -0.05) is 13.8 Å². The summed E-state index contributed by atoms with van der Waals surface area (Å²) in [5, 5.41) is 0. The molecule has 0 saturated carbocycles. The first-order valence-electron chi connectivity index (χ1n) is 7.36. The minimum Gasteiger partial charge on any atom is -0.378 e. The molecule has 1 aromatic rings. The molecule has 0 spiro atoms. The van der Waals surface area contributed by atoms with Gasteiger partial charge in [-0.2, -0.15) is 0 Å². The number of hydrogen-bond acceptors (Lipinski definition) is 5. The normalized spacial score (nSPS) is 20.4. The molecule has 20 heavy (non-hydrogen) atoms. The van der Waals surface area contributed by atoms with Crippen LogP contribution in [0.3, 0.4) is 0 Å². The Kier molecular flexibility index (Phi) is 5.31. The van der Waals surface area contributed by atoms with E-state index in [9.17, 15) is 0 Å². The van der Waals surface area contributed by atoms with Gasteiger partial charge < -0.3 is 9.64 Å². The van der Waals surface area contributed by atoms with Crippen LogP contribution in [0.4, 0.5) is 5.95 Å². The van der Waals surface area contributed by atoms with Crippen LogP contribution in [0.5, 0.6) is 0 Å². The Morgan fingerprint density at radius 1 is 1.35 bits per heavy atom. The van der Waals surface area contributed by atoms with Gasteiger partial charge in [0.2, 0.25) is 5.95 Å². The molecule has 2 heterocycles. The zero-order valence-electron chi connectivity index (χ0n) is 13.0. The molecule has 0 N–H and O–H groups in total. The zero-order chi connectivity index (χ0) is 14.5. The Morgan fingerprint density at radius 3 is 2.65 bits per heavy atom. The summed E-state index contributed by atoms with van der Waals surface area (Å²) < 4.78 is 5.62. The highest BCUT2D eigenvalue weighted by atomic mass is 16.5. The predicted molar refractivity (Wildman–Crippen MR) is 80.8 cm³/mol. The van der Waals surface area contributed by atoms with E-state index in [0.29, 0.717) is 12.0 Å². The fourth-order valence-corrected chi connectivity index (χ4v) is 2.55. The van der Waals surface area contributed by atoms with Crippen molar-refractivity contribution < 1.29 is 4.74 Å². The van der Waals surface area contributed by atoms with Crippen molar-refractivity contribution in [1.82, 2.24) is 14.9 Å². The van der Waals surface area contributed by atoms with Crippen LogP contribution >= 0.6 is 0 Å². The third-order valence-electron chi connectivity index (χ3n) is 3.57. The molecule has 0 radical (unpaired) electrons. The van der Waals surface area contributed by atoms with E-state index < -0.39 is 0 Å². The van der Waals surface area contributed by atoms with E-state index in [-0.39, 0.29) is 0 Å². The third-order valence-corrected chi connectivity index (χ3v) is 3.57. The SMILES string of the molecule is CC(C)C[C@@H]1COCCN1Cc1cnc(N(C)C)nc1. The number of anilines is 1. The Balaban J connectivity index is 1.99. The number of rotatable bonds is 5. The maximum atomic E-state index is 5.62. The van der Waals surface area contributed by atoms with E-state index in [1.165, 1.54) is 12.0 Å². The number of aromatic nitrogens is 2. The topological polar surface area (TPSA) is 41.5 Å². The van der Waals surface area contributed by atoms with Gasteiger partial charge in [0.25, 0.3) is 0 Å². The number of morpholine rings is 1. The van der Waals surface area contributed by atoms with Crippen molar-refractivity contribution >= 4 is 5.95 Å². The summed E-state index contributed by atoms with van der Waals surface area (Å²) in [6.07, 6.45) is 5.05. The molecule has 5 nitrogen and oxygen atoms in total. The van der Waals surface area contributed by atoms with Crippen LogP contribution in [0.2, 0.25) is 0 Å². The van der Waals surface area contributed by atoms with E-state index in [4.69, 9.17) is 4.74 Å². The lowest BCUT2D eigenvalue weighted by Gasteiger charge is -2.36. The second-order valence-corrected chi connectivity index (χ2v) is 6.11. The van der Waals surface area contributed by atoms with Crippen molar-refractivity contribution in [2.45, 2.75) is 32.9 Å². The van der Waals surface area contributed by atoms with E-state index >= 15 is 0 Å². The fourth-order valence-electron chi connectivity index (χ4n) is 2.55. The van der Waals surface area contributed by atoms with E-state index in [2.05, 4.69) is 28.7 Å². The second-order valence-electron chi connectivity index (χ2n) is 6.11. The van der Waals surface area contributed by atoms with E-state index in [1.807, 2.05) is 31.4 Å². The summed E-state index contributed by atoms with van der Waals surface area (Å²) >= 11 is 0. The Hall–Kier alpha value is -1.20. The molecule has 1 saturated heterocycles. The molecule has 5 heteroatoms. The highest BCUT2D eigenvalue weighted by molar-refractivity contribution is 5.26. The largest absolute Gasteiger partial charge is 0.378 e. The molecule has 0 aliphatic carbocycles. The summed E-state index contributed by atoms with van der Waals surface area (Å²) in [5.41, 5.74) is 1.17. The first-order chi connectivity index (χ1) is 9.56. The number of nitrogens with zero attached hydrogens (tertiary/aromatic N) is 4. The maximum absolute atomic E-state index is 5.62. The van der Waals surface area contributed by atoms with Crippen molar-refractivity contribution in [1.29, 1.82) is 0 Å². The lowest BCUT2D eigenvalue weighted by Crippen LogP contribution is -2.45. The van der Waals surface area contributed by atoms with Crippen LogP contribution in [0, 0.1) is 5.92 Å². The van der Waals surface area contributed by atoms with Crippen LogP contribution < -0.4 is 4.90 Å². The van der Waals surface area contributed by atoms with Crippen molar-refractivity contribution in [3.63, 3.8) is 0 Å². The minimum absolute atomic E-state index is 0.511. The quantitative estimate of drug-likeness (QED) is 0.821. The Labute approximate surface area is 122 Å². The first kappa shape index (κ1) is 15.2. The van der Waals surface area contributed by atoms with Gasteiger partial charge in [-0.25, -0.2) is 9.97 Å². The lowest BCUT2D eigenvalue weighted by atomic mass is 10.0. The number of hydrogen-bond donors (Lipinski definition) is 0. The molecule has 1 aliphatic heterocycles. The molecule has 1 aliphatic rings. The van der Waals surface area contributed by atoms with Crippen molar-refractivity contribution in [2.75, 3.05) is 38.8 Å².